The third kappa shape index (κ3) is 3.49. The van der Waals surface area contributed by atoms with Gasteiger partial charge in [0.1, 0.15) is 5.82 Å². The number of thioether (sulfide) groups is 1. The summed E-state index contributed by atoms with van der Waals surface area (Å²) >= 11 is 1.77. The molecule has 3 aliphatic heterocycles. The molecule has 0 aliphatic carbocycles. The molecule has 2 atom stereocenters. The minimum absolute atomic E-state index is 0.00241. The summed E-state index contributed by atoms with van der Waals surface area (Å²) in [6.07, 6.45) is 0.285. The number of anilines is 1. The van der Waals surface area contributed by atoms with E-state index in [0.717, 1.165) is 10.8 Å². The molecule has 4 rings (SSSR count). The standard InChI is InChI=1S/C18H18FN3O4S/c19-11-1-3-12(4-2-11)22-16(24)9-14(23)17(20-22)18(25)21-6-8-27-15-10-26-7-5-13(15)21/h1-4,13,15H,5-10H2/t13-,15+/m1/s1. The van der Waals surface area contributed by atoms with Crippen molar-refractivity contribution in [1.29, 1.82) is 0 Å². The second-order valence-corrected chi connectivity index (χ2v) is 7.92. The van der Waals surface area contributed by atoms with Gasteiger partial charge in [-0.3, -0.25) is 14.4 Å². The second kappa shape index (κ2) is 7.40. The average molecular weight is 391 g/mol. The lowest BCUT2D eigenvalue weighted by Crippen LogP contribution is -2.57. The molecule has 3 heterocycles. The molecule has 2 fully saturated rings. The number of rotatable bonds is 2. The number of benzene rings is 1. The number of carbonyl (C=O) groups is 3. The Hall–Kier alpha value is -2.26. The number of nitrogens with zero attached hydrogens (tertiary/aromatic N) is 3. The van der Waals surface area contributed by atoms with E-state index in [-0.39, 0.29) is 17.0 Å². The van der Waals surface area contributed by atoms with E-state index in [1.807, 2.05) is 0 Å². The Morgan fingerprint density at radius 3 is 2.81 bits per heavy atom. The fourth-order valence-electron chi connectivity index (χ4n) is 3.53. The van der Waals surface area contributed by atoms with Crippen molar-refractivity contribution in [2.24, 2.45) is 5.10 Å². The predicted octanol–water partition coefficient (Wildman–Crippen LogP) is 1.22. The predicted molar refractivity (Wildman–Crippen MR) is 98.1 cm³/mol. The van der Waals surface area contributed by atoms with Crippen LogP contribution >= 0.6 is 11.8 Å². The van der Waals surface area contributed by atoms with E-state index in [2.05, 4.69) is 5.10 Å². The molecule has 142 valence electrons. The van der Waals surface area contributed by atoms with Gasteiger partial charge in [-0.05, 0) is 30.7 Å². The molecule has 0 radical (unpaired) electrons. The summed E-state index contributed by atoms with van der Waals surface area (Å²) < 4.78 is 18.6. The van der Waals surface area contributed by atoms with Crippen LogP contribution in [0.5, 0.6) is 0 Å². The fourth-order valence-corrected chi connectivity index (χ4v) is 4.83. The first-order valence-electron chi connectivity index (χ1n) is 8.75. The number of ketones is 1. The summed E-state index contributed by atoms with van der Waals surface area (Å²) in [5, 5.41) is 5.25. The largest absolute Gasteiger partial charge is 0.380 e. The fraction of sp³-hybridized carbons (Fsp3) is 0.444. The van der Waals surface area contributed by atoms with E-state index < -0.39 is 29.8 Å². The van der Waals surface area contributed by atoms with E-state index in [0.29, 0.717) is 31.9 Å². The van der Waals surface area contributed by atoms with Crippen molar-refractivity contribution >= 4 is 40.8 Å². The lowest BCUT2D eigenvalue weighted by molar-refractivity contribution is -0.129. The third-order valence-electron chi connectivity index (χ3n) is 4.88. The van der Waals surface area contributed by atoms with Crippen LogP contribution in [-0.4, -0.2) is 65.0 Å². The lowest BCUT2D eigenvalue weighted by Gasteiger charge is -2.43. The minimum Gasteiger partial charge on any atom is -0.380 e. The highest BCUT2D eigenvalue weighted by Crippen LogP contribution is 2.31. The maximum absolute atomic E-state index is 13.2. The summed E-state index contributed by atoms with van der Waals surface area (Å²) in [7, 11) is 0. The molecule has 7 nitrogen and oxygen atoms in total. The quantitative estimate of drug-likeness (QED) is 0.709. The molecular weight excluding hydrogens is 373 g/mol. The van der Waals surface area contributed by atoms with Crippen molar-refractivity contribution in [2.75, 3.05) is 30.5 Å². The molecule has 1 aromatic rings. The summed E-state index contributed by atoms with van der Waals surface area (Å²) in [5.41, 5.74) is 0.0772. The molecule has 2 amide bonds. The highest BCUT2D eigenvalue weighted by molar-refractivity contribution is 8.00. The van der Waals surface area contributed by atoms with Crippen molar-refractivity contribution in [1.82, 2.24) is 4.90 Å². The Morgan fingerprint density at radius 1 is 1.26 bits per heavy atom. The number of hydrogen-bond donors (Lipinski definition) is 0. The van der Waals surface area contributed by atoms with Crippen LogP contribution in [0.3, 0.4) is 0 Å². The van der Waals surface area contributed by atoms with Crippen molar-refractivity contribution in [2.45, 2.75) is 24.1 Å². The van der Waals surface area contributed by atoms with Crippen LogP contribution in [0.25, 0.3) is 0 Å². The maximum atomic E-state index is 13.2. The van der Waals surface area contributed by atoms with Crippen LogP contribution in [0.1, 0.15) is 12.8 Å². The summed E-state index contributed by atoms with van der Waals surface area (Å²) in [4.78, 5) is 39.4. The Bertz CT molecular complexity index is 811. The Morgan fingerprint density at radius 2 is 2.04 bits per heavy atom. The van der Waals surface area contributed by atoms with Gasteiger partial charge in [-0.1, -0.05) is 0 Å². The van der Waals surface area contributed by atoms with E-state index in [9.17, 15) is 18.8 Å². The number of ether oxygens (including phenoxy) is 1. The zero-order valence-corrected chi connectivity index (χ0v) is 15.3. The van der Waals surface area contributed by atoms with Gasteiger partial charge in [-0.15, -0.1) is 0 Å². The van der Waals surface area contributed by atoms with E-state index in [4.69, 9.17) is 4.74 Å². The zero-order valence-electron chi connectivity index (χ0n) is 14.5. The number of amides is 2. The summed E-state index contributed by atoms with van der Waals surface area (Å²) in [5.74, 6) is -1.25. The van der Waals surface area contributed by atoms with Gasteiger partial charge in [0.05, 0.1) is 18.7 Å². The minimum atomic E-state index is -0.579. The van der Waals surface area contributed by atoms with Gasteiger partial charge >= 0.3 is 0 Å². The summed E-state index contributed by atoms with van der Waals surface area (Å²) in [6, 6.07) is 5.17. The SMILES string of the molecule is O=C1CC(=O)N(c2ccc(F)cc2)N=C1C(=O)N1CCS[C@H]2COCC[C@H]21. The average Bonchev–Trinajstić information content (AvgIpc) is 2.68. The molecule has 3 aliphatic rings. The van der Waals surface area contributed by atoms with Crippen molar-refractivity contribution < 1.29 is 23.5 Å². The molecule has 0 N–H and O–H groups in total. The first kappa shape index (κ1) is 18.1. The maximum Gasteiger partial charge on any atom is 0.278 e. The van der Waals surface area contributed by atoms with Crippen LogP contribution in [-0.2, 0) is 19.1 Å². The normalized spacial score (nSPS) is 25.9. The van der Waals surface area contributed by atoms with Gasteiger partial charge in [0.25, 0.3) is 11.8 Å². The first-order valence-corrected chi connectivity index (χ1v) is 9.80. The highest BCUT2D eigenvalue weighted by atomic mass is 32.2. The topological polar surface area (TPSA) is 79.3 Å². The Balaban J connectivity index is 1.63. The van der Waals surface area contributed by atoms with Crippen LogP contribution in [0, 0.1) is 5.82 Å². The van der Waals surface area contributed by atoms with Crippen LogP contribution in [0.15, 0.2) is 29.4 Å². The Kier molecular flexibility index (Phi) is 4.96. The molecule has 1 aromatic carbocycles. The van der Waals surface area contributed by atoms with E-state index in [1.165, 1.54) is 24.3 Å². The monoisotopic (exact) mass is 391 g/mol. The number of carbonyl (C=O) groups excluding carboxylic acids is 3. The van der Waals surface area contributed by atoms with Crippen LogP contribution in [0.2, 0.25) is 0 Å². The number of Topliss-reactive ketones (excluding diaryl/α,β-unsaturated/α-hetero) is 1. The third-order valence-corrected chi connectivity index (χ3v) is 6.18. The van der Waals surface area contributed by atoms with E-state index >= 15 is 0 Å². The van der Waals surface area contributed by atoms with Gasteiger partial charge in [-0.25, -0.2) is 4.39 Å². The molecule has 0 unspecified atom stereocenters. The van der Waals surface area contributed by atoms with Crippen molar-refractivity contribution in [3.8, 4) is 0 Å². The van der Waals surface area contributed by atoms with Crippen LogP contribution in [0.4, 0.5) is 10.1 Å². The second-order valence-electron chi connectivity index (χ2n) is 6.57. The van der Waals surface area contributed by atoms with Gasteiger partial charge < -0.3 is 9.64 Å². The highest BCUT2D eigenvalue weighted by Gasteiger charge is 2.41. The first-order chi connectivity index (χ1) is 13.0. The molecule has 2 saturated heterocycles. The summed E-state index contributed by atoms with van der Waals surface area (Å²) in [6.45, 7) is 1.69. The van der Waals surface area contributed by atoms with Gasteiger partial charge in [0, 0.05) is 30.2 Å². The molecule has 9 heteroatoms. The number of hydrazone groups is 1. The van der Waals surface area contributed by atoms with Gasteiger partial charge in [0.2, 0.25) is 0 Å². The van der Waals surface area contributed by atoms with Crippen molar-refractivity contribution in [3.05, 3.63) is 30.1 Å². The molecule has 0 spiro atoms. The van der Waals surface area contributed by atoms with E-state index in [1.54, 1.807) is 16.7 Å². The van der Waals surface area contributed by atoms with Gasteiger partial charge in [0.15, 0.2) is 11.5 Å². The zero-order chi connectivity index (χ0) is 19.0. The molecule has 0 saturated carbocycles. The Labute approximate surface area is 159 Å². The molecule has 27 heavy (non-hydrogen) atoms. The number of fused-ring (bicyclic) bond motifs is 1. The van der Waals surface area contributed by atoms with Crippen LogP contribution < -0.4 is 5.01 Å². The molecular formula is C18H18FN3O4S. The lowest BCUT2D eigenvalue weighted by atomic mass is 10.0. The molecule has 0 bridgehead atoms. The number of halogens is 1. The van der Waals surface area contributed by atoms with Crippen molar-refractivity contribution in [3.63, 3.8) is 0 Å². The smallest absolute Gasteiger partial charge is 0.278 e. The van der Waals surface area contributed by atoms with Gasteiger partial charge in [-0.2, -0.15) is 21.9 Å². The molecule has 0 aromatic heterocycles. The number of hydrogen-bond acceptors (Lipinski definition) is 6.